The minimum atomic E-state index is 0.625. The van der Waals surface area contributed by atoms with Crippen LogP contribution in [0.1, 0.15) is 27.2 Å². The second kappa shape index (κ2) is 6.22. The zero-order chi connectivity index (χ0) is 11.1. The summed E-state index contributed by atoms with van der Waals surface area (Å²) in [7, 11) is 0. The van der Waals surface area contributed by atoms with E-state index in [4.69, 9.17) is 4.74 Å². The maximum atomic E-state index is 5.28. The van der Waals surface area contributed by atoms with Gasteiger partial charge in [0.1, 0.15) is 0 Å². The van der Waals surface area contributed by atoms with Crippen LogP contribution < -0.4 is 10.1 Å². The third-order valence-corrected chi connectivity index (χ3v) is 1.93. The Bertz CT molecular complexity index is 289. The van der Waals surface area contributed by atoms with Crippen LogP contribution in [0.15, 0.2) is 12.3 Å². The fourth-order valence-corrected chi connectivity index (χ4v) is 1.13. The number of hydrogen-bond donors (Lipinski definition) is 1. The topological polar surface area (TPSA) is 47.0 Å². The monoisotopic (exact) mass is 209 g/mol. The lowest BCUT2D eigenvalue weighted by Crippen LogP contribution is -2.08. The van der Waals surface area contributed by atoms with Crippen molar-refractivity contribution in [2.45, 2.75) is 27.2 Å². The van der Waals surface area contributed by atoms with Crippen LogP contribution in [0.3, 0.4) is 0 Å². The van der Waals surface area contributed by atoms with E-state index in [1.807, 2.05) is 6.92 Å². The van der Waals surface area contributed by atoms with E-state index in [9.17, 15) is 0 Å². The Morgan fingerprint density at radius 2 is 2.27 bits per heavy atom. The Hall–Kier alpha value is -1.32. The summed E-state index contributed by atoms with van der Waals surface area (Å²) in [5, 5.41) is 3.17. The first-order valence-electron chi connectivity index (χ1n) is 5.42. The molecule has 1 rings (SSSR count). The van der Waals surface area contributed by atoms with Crippen LogP contribution >= 0.6 is 0 Å². The van der Waals surface area contributed by atoms with Crippen molar-refractivity contribution in [2.24, 2.45) is 5.92 Å². The molecule has 4 nitrogen and oxygen atoms in total. The van der Waals surface area contributed by atoms with Crippen molar-refractivity contribution in [3.8, 4) is 5.88 Å². The predicted octanol–water partition coefficient (Wildman–Crippen LogP) is 2.33. The highest BCUT2D eigenvalue weighted by Crippen LogP contribution is 2.08. The zero-order valence-electron chi connectivity index (χ0n) is 9.66. The molecule has 1 N–H and O–H groups in total. The molecule has 0 unspecified atom stereocenters. The molecule has 1 heterocycles. The average molecular weight is 209 g/mol. The largest absolute Gasteiger partial charge is 0.478 e. The van der Waals surface area contributed by atoms with Crippen molar-refractivity contribution in [2.75, 3.05) is 18.5 Å². The van der Waals surface area contributed by atoms with Gasteiger partial charge in [-0.1, -0.05) is 13.8 Å². The number of ether oxygens (including phenoxy) is 1. The summed E-state index contributed by atoms with van der Waals surface area (Å²) in [6.07, 6.45) is 2.82. The fourth-order valence-electron chi connectivity index (χ4n) is 1.13. The molecule has 0 bridgehead atoms. The van der Waals surface area contributed by atoms with Crippen molar-refractivity contribution >= 4 is 5.95 Å². The SMILES string of the molecule is CCOc1ccnc(NCCC(C)C)n1. The van der Waals surface area contributed by atoms with Gasteiger partial charge in [0.05, 0.1) is 6.61 Å². The number of nitrogens with zero attached hydrogens (tertiary/aromatic N) is 2. The van der Waals surface area contributed by atoms with Gasteiger partial charge in [-0.3, -0.25) is 0 Å². The summed E-state index contributed by atoms with van der Waals surface area (Å²) in [6, 6.07) is 1.76. The number of nitrogens with one attached hydrogen (secondary N) is 1. The molecule has 0 aliphatic rings. The first kappa shape index (κ1) is 11.8. The molecule has 0 aliphatic heterocycles. The van der Waals surface area contributed by atoms with Crippen LogP contribution in [0.5, 0.6) is 5.88 Å². The van der Waals surface area contributed by atoms with Crippen molar-refractivity contribution < 1.29 is 4.74 Å². The quantitative estimate of drug-likeness (QED) is 0.781. The Kier molecular flexibility index (Phi) is 4.87. The molecule has 84 valence electrons. The van der Waals surface area contributed by atoms with Crippen LogP contribution in [0.4, 0.5) is 5.95 Å². The lowest BCUT2D eigenvalue weighted by Gasteiger charge is -2.07. The Morgan fingerprint density at radius 3 is 2.93 bits per heavy atom. The van der Waals surface area contributed by atoms with Gasteiger partial charge in [0, 0.05) is 18.8 Å². The van der Waals surface area contributed by atoms with Crippen LogP contribution in [0.25, 0.3) is 0 Å². The summed E-state index contributed by atoms with van der Waals surface area (Å²) in [4.78, 5) is 8.33. The van der Waals surface area contributed by atoms with Gasteiger partial charge in [0.25, 0.3) is 0 Å². The van der Waals surface area contributed by atoms with Gasteiger partial charge < -0.3 is 10.1 Å². The zero-order valence-corrected chi connectivity index (χ0v) is 9.66. The lowest BCUT2D eigenvalue weighted by atomic mass is 10.1. The van der Waals surface area contributed by atoms with Crippen molar-refractivity contribution in [3.05, 3.63) is 12.3 Å². The van der Waals surface area contributed by atoms with E-state index in [2.05, 4.69) is 29.1 Å². The summed E-state index contributed by atoms with van der Waals surface area (Å²) < 4.78 is 5.28. The Morgan fingerprint density at radius 1 is 1.47 bits per heavy atom. The van der Waals surface area contributed by atoms with Gasteiger partial charge in [0.15, 0.2) is 0 Å². The van der Waals surface area contributed by atoms with Crippen LogP contribution in [0, 0.1) is 5.92 Å². The molecule has 1 aromatic heterocycles. The predicted molar refractivity (Wildman–Crippen MR) is 61.1 cm³/mol. The van der Waals surface area contributed by atoms with Gasteiger partial charge in [-0.2, -0.15) is 4.98 Å². The van der Waals surface area contributed by atoms with E-state index in [-0.39, 0.29) is 0 Å². The van der Waals surface area contributed by atoms with E-state index in [1.54, 1.807) is 12.3 Å². The highest BCUT2D eigenvalue weighted by molar-refractivity contribution is 5.27. The minimum Gasteiger partial charge on any atom is -0.478 e. The molecule has 0 spiro atoms. The number of aromatic nitrogens is 2. The minimum absolute atomic E-state index is 0.625. The van der Waals surface area contributed by atoms with E-state index in [1.165, 1.54) is 0 Å². The maximum Gasteiger partial charge on any atom is 0.225 e. The molecule has 0 saturated carbocycles. The number of anilines is 1. The van der Waals surface area contributed by atoms with Crippen LogP contribution in [-0.2, 0) is 0 Å². The van der Waals surface area contributed by atoms with E-state index < -0.39 is 0 Å². The van der Waals surface area contributed by atoms with Crippen molar-refractivity contribution in [3.63, 3.8) is 0 Å². The molecule has 0 amide bonds. The summed E-state index contributed by atoms with van der Waals surface area (Å²) >= 11 is 0. The van der Waals surface area contributed by atoms with Gasteiger partial charge in [-0.25, -0.2) is 4.98 Å². The standard InChI is InChI=1S/C11H19N3O/c1-4-15-10-6-8-13-11(14-10)12-7-5-9(2)3/h6,8-9H,4-5,7H2,1-3H3,(H,12,13,14). The molecule has 0 radical (unpaired) electrons. The molecular formula is C11H19N3O. The van der Waals surface area contributed by atoms with Crippen LogP contribution in [-0.4, -0.2) is 23.1 Å². The molecular weight excluding hydrogens is 190 g/mol. The first-order valence-corrected chi connectivity index (χ1v) is 5.42. The highest BCUT2D eigenvalue weighted by atomic mass is 16.5. The summed E-state index contributed by atoms with van der Waals surface area (Å²) in [6.45, 7) is 7.85. The normalized spacial score (nSPS) is 10.4. The third-order valence-electron chi connectivity index (χ3n) is 1.93. The van der Waals surface area contributed by atoms with Crippen molar-refractivity contribution in [1.29, 1.82) is 0 Å². The lowest BCUT2D eigenvalue weighted by molar-refractivity contribution is 0.326. The molecule has 4 heteroatoms. The summed E-state index contributed by atoms with van der Waals surface area (Å²) in [5.74, 6) is 1.95. The molecule has 1 aromatic rings. The Labute approximate surface area is 91.1 Å². The van der Waals surface area contributed by atoms with E-state index in [0.29, 0.717) is 24.4 Å². The van der Waals surface area contributed by atoms with Gasteiger partial charge in [-0.15, -0.1) is 0 Å². The van der Waals surface area contributed by atoms with Gasteiger partial charge >= 0.3 is 0 Å². The van der Waals surface area contributed by atoms with E-state index >= 15 is 0 Å². The molecule has 0 aliphatic carbocycles. The summed E-state index contributed by atoms with van der Waals surface area (Å²) in [5.41, 5.74) is 0. The second-order valence-electron chi connectivity index (χ2n) is 3.76. The molecule has 0 fully saturated rings. The first-order chi connectivity index (χ1) is 7.22. The molecule has 15 heavy (non-hydrogen) atoms. The highest BCUT2D eigenvalue weighted by Gasteiger charge is 1.99. The number of hydrogen-bond acceptors (Lipinski definition) is 4. The smallest absolute Gasteiger partial charge is 0.225 e. The van der Waals surface area contributed by atoms with Gasteiger partial charge in [0.2, 0.25) is 11.8 Å². The number of rotatable bonds is 6. The fraction of sp³-hybridized carbons (Fsp3) is 0.636. The molecule has 0 aromatic carbocycles. The van der Waals surface area contributed by atoms with Crippen LogP contribution in [0.2, 0.25) is 0 Å². The maximum absolute atomic E-state index is 5.28. The Balaban J connectivity index is 2.43. The molecule has 0 atom stereocenters. The third kappa shape index (κ3) is 4.63. The molecule has 0 saturated heterocycles. The van der Waals surface area contributed by atoms with E-state index in [0.717, 1.165) is 13.0 Å². The van der Waals surface area contributed by atoms with Gasteiger partial charge in [-0.05, 0) is 19.3 Å². The second-order valence-corrected chi connectivity index (χ2v) is 3.76. The van der Waals surface area contributed by atoms with Crippen molar-refractivity contribution in [1.82, 2.24) is 9.97 Å². The average Bonchev–Trinajstić information content (AvgIpc) is 2.18.